The van der Waals surface area contributed by atoms with E-state index in [1.54, 1.807) is 11.3 Å². The number of thiophene rings is 1. The first-order valence-corrected chi connectivity index (χ1v) is 11.0. The van der Waals surface area contributed by atoms with Gasteiger partial charge in [0, 0.05) is 22.6 Å². The van der Waals surface area contributed by atoms with Crippen molar-refractivity contribution in [2.45, 2.75) is 24.0 Å². The first kappa shape index (κ1) is 19.1. The van der Waals surface area contributed by atoms with Gasteiger partial charge in [-0.05, 0) is 46.3 Å². The number of benzene rings is 1. The van der Waals surface area contributed by atoms with Gasteiger partial charge in [-0.3, -0.25) is 19.5 Å². The van der Waals surface area contributed by atoms with E-state index in [2.05, 4.69) is 36.0 Å². The molecule has 1 N–H and O–H groups in total. The summed E-state index contributed by atoms with van der Waals surface area (Å²) in [5.41, 5.74) is 0.442. The van der Waals surface area contributed by atoms with Gasteiger partial charge in [0.05, 0.1) is 21.2 Å². The van der Waals surface area contributed by atoms with Crippen LogP contribution >= 0.6 is 39.0 Å². The number of amides is 1. The molecule has 1 fully saturated rings. The summed E-state index contributed by atoms with van der Waals surface area (Å²) in [7, 11) is 0. The van der Waals surface area contributed by atoms with Crippen molar-refractivity contribution in [2.75, 3.05) is 11.1 Å². The summed E-state index contributed by atoms with van der Waals surface area (Å²) in [6, 6.07) is 8.60. The number of nitro benzene ring substituents is 1. The van der Waals surface area contributed by atoms with E-state index >= 15 is 0 Å². The highest BCUT2D eigenvalue weighted by atomic mass is 79.9. The van der Waals surface area contributed by atoms with E-state index in [-0.39, 0.29) is 17.3 Å². The summed E-state index contributed by atoms with van der Waals surface area (Å²) in [6.07, 6.45) is 2.18. The lowest BCUT2D eigenvalue weighted by Gasteiger charge is -2.09. The van der Waals surface area contributed by atoms with Crippen LogP contribution < -0.4 is 5.32 Å². The molecule has 11 heteroatoms. The summed E-state index contributed by atoms with van der Waals surface area (Å²) < 4.78 is 2.58. The maximum atomic E-state index is 12.3. The Bertz CT molecular complexity index is 1030. The third kappa shape index (κ3) is 4.10. The van der Waals surface area contributed by atoms with Crippen LogP contribution in [0.3, 0.4) is 0 Å². The van der Waals surface area contributed by atoms with Gasteiger partial charge in [-0.15, -0.1) is 21.5 Å². The van der Waals surface area contributed by atoms with Crippen molar-refractivity contribution in [1.82, 2.24) is 14.8 Å². The number of rotatable bonds is 7. The fourth-order valence-corrected chi connectivity index (χ4v) is 4.62. The molecule has 0 atom stereocenters. The van der Waals surface area contributed by atoms with Crippen LogP contribution in [-0.4, -0.2) is 31.3 Å². The second kappa shape index (κ2) is 8.02. The molecule has 1 aliphatic rings. The molecule has 8 nitrogen and oxygen atoms in total. The Hall–Kier alpha value is -2.24. The third-order valence-electron chi connectivity index (χ3n) is 4.09. The fraction of sp³-hybridized carbons (Fsp3) is 0.235. The van der Waals surface area contributed by atoms with Crippen molar-refractivity contribution in [3.63, 3.8) is 0 Å². The molecule has 0 spiro atoms. The first-order valence-electron chi connectivity index (χ1n) is 8.38. The number of aromatic nitrogens is 3. The van der Waals surface area contributed by atoms with Gasteiger partial charge in [-0.25, -0.2) is 0 Å². The molecule has 4 rings (SSSR count). The SMILES string of the molecule is O=C(CSc1nnc(-c2cccs2)n1C1CC1)Nc1ccc([N+](=O)[O-])cc1Br. The number of anilines is 1. The number of non-ortho nitro benzene ring substituents is 1. The Labute approximate surface area is 176 Å². The number of carbonyl (C=O) groups is 1. The minimum atomic E-state index is -0.484. The Morgan fingerprint density at radius 3 is 2.86 bits per heavy atom. The Balaban J connectivity index is 1.44. The molecule has 2 aromatic heterocycles. The van der Waals surface area contributed by atoms with Gasteiger partial charge < -0.3 is 5.32 Å². The lowest BCUT2D eigenvalue weighted by molar-refractivity contribution is -0.384. The van der Waals surface area contributed by atoms with Crippen LogP contribution in [0, 0.1) is 10.1 Å². The molecule has 3 aromatic rings. The lowest BCUT2D eigenvalue weighted by Crippen LogP contribution is -2.15. The summed E-state index contributed by atoms with van der Waals surface area (Å²) in [6.45, 7) is 0. The Morgan fingerprint density at radius 2 is 2.21 bits per heavy atom. The Kier molecular flexibility index (Phi) is 5.47. The zero-order valence-electron chi connectivity index (χ0n) is 14.4. The normalized spacial score (nSPS) is 13.5. The minimum Gasteiger partial charge on any atom is -0.324 e. The average Bonchev–Trinajstić information content (AvgIpc) is 3.18. The molecule has 2 heterocycles. The highest BCUT2D eigenvalue weighted by Gasteiger charge is 2.30. The third-order valence-corrected chi connectivity index (χ3v) is 6.55. The largest absolute Gasteiger partial charge is 0.324 e. The quantitative estimate of drug-likeness (QED) is 0.298. The molecule has 0 saturated heterocycles. The minimum absolute atomic E-state index is 0.0436. The number of nitro groups is 1. The number of carbonyl (C=O) groups excluding carboxylic acids is 1. The van der Waals surface area contributed by atoms with Gasteiger partial charge in [0.15, 0.2) is 11.0 Å². The summed E-state index contributed by atoms with van der Waals surface area (Å²) in [4.78, 5) is 23.7. The van der Waals surface area contributed by atoms with Crippen LogP contribution in [0.2, 0.25) is 0 Å². The molecule has 0 aliphatic heterocycles. The molecular formula is C17H14BrN5O3S2. The van der Waals surface area contributed by atoms with Crippen LogP contribution in [-0.2, 0) is 4.79 Å². The van der Waals surface area contributed by atoms with Gasteiger partial charge in [0.25, 0.3) is 5.69 Å². The number of hydrogen-bond acceptors (Lipinski definition) is 7. The molecule has 0 radical (unpaired) electrons. The number of thioether (sulfide) groups is 1. The van der Waals surface area contributed by atoms with Crippen LogP contribution in [0.25, 0.3) is 10.7 Å². The smallest absolute Gasteiger partial charge is 0.270 e. The van der Waals surface area contributed by atoms with Gasteiger partial charge >= 0.3 is 0 Å². The van der Waals surface area contributed by atoms with Crippen molar-refractivity contribution < 1.29 is 9.72 Å². The molecular weight excluding hydrogens is 466 g/mol. The monoisotopic (exact) mass is 479 g/mol. The summed E-state index contributed by atoms with van der Waals surface area (Å²) >= 11 is 6.20. The molecule has 144 valence electrons. The van der Waals surface area contributed by atoms with Crippen LogP contribution in [0.1, 0.15) is 18.9 Å². The van der Waals surface area contributed by atoms with Gasteiger partial charge in [0.1, 0.15) is 0 Å². The van der Waals surface area contributed by atoms with E-state index < -0.39 is 4.92 Å². The predicted octanol–water partition coefficient (Wildman–Crippen LogP) is 4.74. The van der Waals surface area contributed by atoms with E-state index in [0.717, 1.165) is 28.7 Å². The number of halogens is 1. The maximum Gasteiger partial charge on any atom is 0.270 e. The zero-order valence-corrected chi connectivity index (χ0v) is 17.6. The van der Waals surface area contributed by atoms with Gasteiger partial charge in [-0.2, -0.15) is 0 Å². The molecule has 1 aliphatic carbocycles. The van der Waals surface area contributed by atoms with E-state index in [9.17, 15) is 14.9 Å². The maximum absolute atomic E-state index is 12.3. The lowest BCUT2D eigenvalue weighted by atomic mass is 10.3. The standard InChI is InChI=1S/C17H14BrN5O3S2/c18-12-8-11(23(25)26)5-6-13(12)19-15(24)9-28-17-21-20-16(14-2-1-7-27-14)22(17)10-3-4-10/h1-2,5-8,10H,3-4,9H2,(H,19,24). The average molecular weight is 480 g/mol. The van der Waals surface area contributed by atoms with Crippen molar-refractivity contribution in [1.29, 1.82) is 0 Å². The van der Waals surface area contributed by atoms with E-state index in [0.29, 0.717) is 16.2 Å². The molecule has 0 unspecified atom stereocenters. The highest BCUT2D eigenvalue weighted by Crippen LogP contribution is 2.41. The highest BCUT2D eigenvalue weighted by molar-refractivity contribution is 9.10. The summed E-state index contributed by atoms with van der Waals surface area (Å²) in [5.74, 6) is 0.791. The predicted molar refractivity (Wildman–Crippen MR) is 112 cm³/mol. The molecule has 1 aromatic carbocycles. The number of hydrogen-bond donors (Lipinski definition) is 1. The van der Waals surface area contributed by atoms with Gasteiger partial charge in [-0.1, -0.05) is 17.8 Å². The second-order valence-corrected chi connectivity index (χ2v) is 8.89. The van der Waals surface area contributed by atoms with Crippen molar-refractivity contribution >= 4 is 56.3 Å². The topological polar surface area (TPSA) is 103 Å². The van der Waals surface area contributed by atoms with Crippen LogP contribution in [0.4, 0.5) is 11.4 Å². The molecule has 0 bridgehead atoms. The van der Waals surface area contributed by atoms with E-state index in [4.69, 9.17) is 0 Å². The molecule has 1 saturated carbocycles. The van der Waals surface area contributed by atoms with E-state index in [1.165, 1.54) is 30.0 Å². The number of nitrogens with one attached hydrogen (secondary N) is 1. The Morgan fingerprint density at radius 1 is 1.39 bits per heavy atom. The first-order chi connectivity index (χ1) is 13.5. The van der Waals surface area contributed by atoms with Crippen molar-refractivity contribution in [2.24, 2.45) is 0 Å². The fourth-order valence-electron chi connectivity index (χ4n) is 2.65. The second-order valence-electron chi connectivity index (χ2n) is 6.14. The zero-order chi connectivity index (χ0) is 19.7. The van der Waals surface area contributed by atoms with Gasteiger partial charge in [0.2, 0.25) is 5.91 Å². The van der Waals surface area contributed by atoms with E-state index in [1.807, 2.05) is 17.5 Å². The van der Waals surface area contributed by atoms with Crippen molar-refractivity contribution in [3.8, 4) is 10.7 Å². The van der Waals surface area contributed by atoms with Crippen LogP contribution in [0.5, 0.6) is 0 Å². The molecule has 1 amide bonds. The number of nitrogens with zero attached hydrogens (tertiary/aromatic N) is 4. The van der Waals surface area contributed by atoms with Crippen LogP contribution in [0.15, 0.2) is 45.3 Å². The molecule has 28 heavy (non-hydrogen) atoms. The van der Waals surface area contributed by atoms with Crippen molar-refractivity contribution in [3.05, 3.63) is 50.3 Å². The summed E-state index contributed by atoms with van der Waals surface area (Å²) in [5, 5.41) is 24.9.